The Hall–Kier alpha value is -0.346. The van der Waals surface area contributed by atoms with Gasteiger partial charge in [0.2, 0.25) is 0 Å². The fourth-order valence-electron chi connectivity index (χ4n) is 10.5. The van der Waals surface area contributed by atoms with E-state index in [9.17, 15) is 0 Å². The third-order valence-corrected chi connectivity index (χ3v) is 33.4. The van der Waals surface area contributed by atoms with E-state index in [1.54, 1.807) is 31.2 Å². The number of benzene rings is 1. The maximum absolute atomic E-state index is 2.92. The number of unbranched alkanes of at least 4 members (excludes halogenated alkanes) is 1. The highest BCUT2D eigenvalue weighted by atomic mass is 29.3. The van der Waals surface area contributed by atoms with Crippen LogP contribution in [0.1, 0.15) is 96.0 Å². The Kier molecular flexibility index (Phi) is 7.33. The fraction of sp³-hybridized carbons (Fsp3) is 0.812. The molecule has 0 heterocycles. The van der Waals surface area contributed by atoms with Crippen molar-refractivity contribution in [3.05, 3.63) is 35.9 Å². The Morgan fingerprint density at radius 3 is 2.29 bits per heavy atom. The van der Waals surface area contributed by atoms with Gasteiger partial charge in [-0.15, -0.1) is 0 Å². The van der Waals surface area contributed by atoms with Crippen LogP contribution in [0, 0.1) is 35.5 Å². The first-order chi connectivity index (χ1) is 16.3. The van der Waals surface area contributed by atoms with E-state index in [0.717, 1.165) is 52.5 Å². The second kappa shape index (κ2) is 9.84. The van der Waals surface area contributed by atoms with Crippen molar-refractivity contribution < 1.29 is 0 Å². The molecule has 0 aromatic heterocycles. The number of fused-ring (bicyclic) bond motifs is 2. The topological polar surface area (TPSA) is 0 Å². The Morgan fingerprint density at radius 1 is 0.794 bits per heavy atom. The molecule has 0 saturated heterocycles. The van der Waals surface area contributed by atoms with Crippen LogP contribution in [0.4, 0.5) is 0 Å². The summed E-state index contributed by atoms with van der Waals surface area (Å²) in [6.07, 6.45) is 16.8. The molecule has 0 N–H and O–H groups in total. The quantitative estimate of drug-likeness (QED) is 0.331. The lowest BCUT2D eigenvalue weighted by molar-refractivity contribution is 0.121. The molecule has 1 aromatic carbocycles. The molecule has 0 radical (unpaired) electrons. The van der Waals surface area contributed by atoms with Crippen LogP contribution in [-0.4, -0.2) is 15.2 Å². The summed E-state index contributed by atoms with van der Waals surface area (Å²) in [6, 6.07) is 11.9. The molecule has 190 valence electrons. The first-order valence-electron chi connectivity index (χ1n) is 15.3. The average Bonchev–Trinajstić information content (AvgIpc) is 3.54. The van der Waals surface area contributed by atoms with Crippen LogP contribution in [0.5, 0.6) is 0 Å². The van der Waals surface area contributed by atoms with Gasteiger partial charge in [-0.25, -0.2) is 0 Å². The Balaban J connectivity index is 1.41. The van der Waals surface area contributed by atoms with Crippen LogP contribution in [-0.2, 0) is 0 Å². The van der Waals surface area contributed by atoms with Gasteiger partial charge in [-0.05, 0) is 77.3 Å². The maximum atomic E-state index is 2.92. The number of hydrogen-bond donors (Lipinski definition) is 0. The van der Waals surface area contributed by atoms with E-state index >= 15 is 0 Å². The molecule has 0 bridgehead atoms. The smallest absolute Gasteiger partial charge is 0.0451 e. The van der Waals surface area contributed by atoms with Gasteiger partial charge in [0.05, 0.1) is 0 Å². The Morgan fingerprint density at radius 2 is 1.56 bits per heavy atom. The number of hydrogen-bond acceptors (Lipinski definition) is 0. The van der Waals surface area contributed by atoms with E-state index in [1.165, 1.54) is 44.9 Å². The second-order valence-electron chi connectivity index (χ2n) is 14.6. The maximum Gasteiger partial charge on any atom is 0.0451 e. The lowest BCUT2D eigenvalue weighted by Crippen LogP contribution is -2.62. The predicted octanol–water partition coefficient (Wildman–Crippen LogP) is 10.1. The van der Waals surface area contributed by atoms with Crippen molar-refractivity contribution in [1.82, 2.24) is 0 Å². The molecule has 0 amide bonds. The van der Waals surface area contributed by atoms with Gasteiger partial charge in [-0.1, -0.05) is 122 Å². The van der Waals surface area contributed by atoms with Crippen molar-refractivity contribution in [1.29, 1.82) is 0 Å². The van der Waals surface area contributed by atoms with Crippen LogP contribution in [0.15, 0.2) is 30.3 Å². The third-order valence-electron chi connectivity index (χ3n) is 12.7. The molecular weight excluding hydrogens is 441 g/mol. The summed E-state index contributed by atoms with van der Waals surface area (Å²) in [5.74, 6) is 6.90. The average molecular weight is 495 g/mol. The first-order valence-corrected chi connectivity index (χ1v) is 22.5. The normalized spacial score (nSPS) is 40.4. The van der Waals surface area contributed by atoms with Gasteiger partial charge < -0.3 is 0 Å². The van der Waals surface area contributed by atoms with Gasteiger partial charge >= 0.3 is 0 Å². The lowest BCUT2D eigenvalue weighted by atomic mass is 9.62. The predicted molar refractivity (Wildman–Crippen MR) is 155 cm³/mol. The molecule has 4 aliphatic rings. The zero-order valence-electron chi connectivity index (χ0n) is 23.4. The molecule has 1 aromatic rings. The zero-order valence-corrected chi connectivity index (χ0v) is 25.4. The van der Waals surface area contributed by atoms with E-state index in [-0.39, 0.29) is 0 Å². The molecular formula is C32H54Si2. The van der Waals surface area contributed by atoms with E-state index in [4.69, 9.17) is 0 Å². The molecule has 0 spiro atoms. The van der Waals surface area contributed by atoms with Crippen molar-refractivity contribution >= 4 is 15.2 Å². The van der Waals surface area contributed by atoms with Gasteiger partial charge in [0.25, 0.3) is 0 Å². The lowest BCUT2D eigenvalue weighted by Gasteiger charge is -2.52. The minimum atomic E-state index is -1.33. The largest absolute Gasteiger partial charge is 0.0711 e. The summed E-state index contributed by atoms with van der Waals surface area (Å²) in [4.78, 5) is 0. The van der Waals surface area contributed by atoms with Crippen LogP contribution >= 0.6 is 0 Å². The molecule has 9 unspecified atom stereocenters. The highest BCUT2D eigenvalue weighted by Gasteiger charge is 2.61. The highest BCUT2D eigenvalue weighted by Crippen LogP contribution is 2.66. The first kappa shape index (κ1) is 25.3. The summed E-state index contributed by atoms with van der Waals surface area (Å²) in [7, 11) is -2.59. The van der Waals surface area contributed by atoms with Crippen molar-refractivity contribution in [2.45, 2.75) is 128 Å². The molecule has 4 fully saturated rings. The van der Waals surface area contributed by atoms with E-state index in [1.807, 2.05) is 0 Å². The van der Waals surface area contributed by atoms with Crippen LogP contribution in [0.3, 0.4) is 0 Å². The molecule has 4 aliphatic carbocycles. The summed E-state index contributed by atoms with van der Waals surface area (Å²) < 4.78 is 0. The van der Waals surface area contributed by atoms with Gasteiger partial charge in [-0.2, -0.15) is 0 Å². The molecule has 2 heteroatoms. The van der Waals surface area contributed by atoms with Gasteiger partial charge in [-0.3, -0.25) is 0 Å². The van der Waals surface area contributed by atoms with Gasteiger partial charge in [0, 0.05) is 15.2 Å². The summed E-state index contributed by atoms with van der Waals surface area (Å²) >= 11 is 0. The van der Waals surface area contributed by atoms with Crippen LogP contribution < -0.4 is 0 Å². The molecule has 34 heavy (non-hydrogen) atoms. The van der Waals surface area contributed by atoms with E-state index < -0.39 is 15.2 Å². The van der Waals surface area contributed by atoms with E-state index in [2.05, 4.69) is 70.4 Å². The van der Waals surface area contributed by atoms with Crippen molar-refractivity contribution in [3.8, 4) is 0 Å². The SMILES string of the molecule is CCCCC1CCC([Si](C)(C)[Si](C)(C)C2C(C)CC3C2CC2CCCC2C3c2ccccc2)C1. The Labute approximate surface area is 213 Å². The minimum absolute atomic E-state index is 0.861. The third kappa shape index (κ3) is 4.25. The summed E-state index contributed by atoms with van der Waals surface area (Å²) in [5, 5.41) is 0. The molecule has 5 rings (SSSR count). The monoisotopic (exact) mass is 494 g/mol. The zero-order chi connectivity index (χ0) is 24.1. The number of rotatable bonds is 7. The molecule has 9 atom stereocenters. The molecule has 0 aliphatic heterocycles. The van der Waals surface area contributed by atoms with Crippen molar-refractivity contribution in [2.24, 2.45) is 35.5 Å². The highest BCUT2D eigenvalue weighted by molar-refractivity contribution is 7.41. The minimum Gasteiger partial charge on any atom is -0.0711 e. The van der Waals surface area contributed by atoms with Gasteiger partial charge in [0.15, 0.2) is 0 Å². The van der Waals surface area contributed by atoms with Crippen molar-refractivity contribution in [3.63, 3.8) is 0 Å². The standard InChI is InChI=1S/C32H54Si2/c1-7-8-13-24-18-19-27(21-24)33(3,4)34(5,6)32-23(2)20-29-30(32)22-26-16-12-17-28(26)31(29)25-14-10-9-11-15-25/h9-11,14-15,23-24,26-32H,7-8,12-13,16-22H2,1-6H3. The second-order valence-corrected chi connectivity index (χ2v) is 30.7. The molecule has 0 nitrogen and oxygen atoms in total. The molecule has 4 saturated carbocycles. The summed E-state index contributed by atoms with van der Waals surface area (Å²) in [6.45, 7) is 16.7. The van der Waals surface area contributed by atoms with Crippen molar-refractivity contribution in [2.75, 3.05) is 0 Å². The van der Waals surface area contributed by atoms with Crippen LogP contribution in [0.2, 0.25) is 37.3 Å². The van der Waals surface area contributed by atoms with E-state index in [0.29, 0.717) is 0 Å². The Bertz CT molecular complexity index is 814. The summed E-state index contributed by atoms with van der Waals surface area (Å²) in [5.41, 5.74) is 3.91. The van der Waals surface area contributed by atoms with Gasteiger partial charge in [0.1, 0.15) is 0 Å². The fourth-order valence-corrected chi connectivity index (χ4v) is 25.3. The van der Waals surface area contributed by atoms with Crippen LogP contribution in [0.25, 0.3) is 0 Å².